The van der Waals surface area contributed by atoms with Crippen molar-refractivity contribution < 1.29 is 9.53 Å². The van der Waals surface area contributed by atoms with Crippen LogP contribution in [0, 0.1) is 6.92 Å². The Balaban J connectivity index is 1.43. The minimum absolute atomic E-state index is 0.00369. The number of H-pyrrole nitrogens is 1. The van der Waals surface area contributed by atoms with Gasteiger partial charge in [-0.3, -0.25) is 9.89 Å². The Morgan fingerprint density at radius 3 is 2.85 bits per heavy atom. The number of carbonyl (C=O) groups excluding carboxylic acids is 1. The second-order valence-electron chi connectivity index (χ2n) is 6.82. The topological polar surface area (TPSA) is 99.3 Å². The van der Waals surface area contributed by atoms with Crippen LogP contribution >= 0.6 is 0 Å². The average molecular weight is 371 g/mol. The van der Waals surface area contributed by atoms with E-state index < -0.39 is 0 Å². The molecule has 0 bridgehead atoms. The van der Waals surface area contributed by atoms with Gasteiger partial charge in [-0.15, -0.1) is 0 Å². The van der Waals surface area contributed by atoms with E-state index in [1.807, 2.05) is 24.8 Å². The third-order valence-corrected chi connectivity index (χ3v) is 4.97. The molecule has 0 aliphatic carbocycles. The summed E-state index contributed by atoms with van der Waals surface area (Å²) in [5, 5.41) is 10.6. The molecule has 9 nitrogen and oxygen atoms in total. The summed E-state index contributed by atoms with van der Waals surface area (Å²) in [5.41, 5.74) is 3.51. The summed E-state index contributed by atoms with van der Waals surface area (Å²) < 4.78 is 5.52. The van der Waals surface area contributed by atoms with Gasteiger partial charge < -0.3 is 19.9 Å². The van der Waals surface area contributed by atoms with Crippen molar-refractivity contribution in [3.05, 3.63) is 28.7 Å². The molecule has 1 saturated heterocycles. The third kappa shape index (κ3) is 3.59. The molecule has 2 aliphatic rings. The molecule has 1 amide bonds. The number of carbonyl (C=O) groups is 1. The van der Waals surface area contributed by atoms with Gasteiger partial charge in [0.15, 0.2) is 5.69 Å². The van der Waals surface area contributed by atoms with Gasteiger partial charge in [0.1, 0.15) is 0 Å². The maximum atomic E-state index is 12.9. The SMILES string of the molecule is CCOc1cc(C)nc(N2CCN(C(=O)c3n[nH]c4c3CNCC4)CC2)n1. The maximum Gasteiger partial charge on any atom is 0.274 e. The molecule has 4 rings (SSSR count). The van der Waals surface area contributed by atoms with Crippen LogP contribution in [0.1, 0.15) is 34.4 Å². The molecule has 0 aromatic carbocycles. The molecule has 0 unspecified atom stereocenters. The van der Waals surface area contributed by atoms with E-state index in [1.54, 1.807) is 0 Å². The van der Waals surface area contributed by atoms with Crippen LogP contribution in [0.3, 0.4) is 0 Å². The number of nitrogens with one attached hydrogen (secondary N) is 2. The summed E-state index contributed by atoms with van der Waals surface area (Å²) >= 11 is 0. The predicted molar refractivity (Wildman–Crippen MR) is 100 cm³/mol. The van der Waals surface area contributed by atoms with E-state index in [4.69, 9.17) is 4.74 Å². The van der Waals surface area contributed by atoms with Crippen molar-refractivity contribution in [2.45, 2.75) is 26.8 Å². The largest absolute Gasteiger partial charge is 0.478 e. The van der Waals surface area contributed by atoms with E-state index >= 15 is 0 Å². The van der Waals surface area contributed by atoms with Gasteiger partial charge >= 0.3 is 0 Å². The van der Waals surface area contributed by atoms with Crippen LogP contribution in [0.15, 0.2) is 6.07 Å². The molecule has 0 saturated carbocycles. The second kappa shape index (κ2) is 7.51. The highest BCUT2D eigenvalue weighted by atomic mass is 16.5. The quantitative estimate of drug-likeness (QED) is 0.808. The lowest BCUT2D eigenvalue weighted by molar-refractivity contribution is 0.0738. The van der Waals surface area contributed by atoms with E-state index in [0.717, 1.165) is 29.9 Å². The normalized spacial score (nSPS) is 17.0. The zero-order chi connectivity index (χ0) is 18.8. The molecule has 2 aliphatic heterocycles. The molecule has 0 radical (unpaired) electrons. The summed E-state index contributed by atoms with van der Waals surface area (Å²) in [6, 6.07) is 1.83. The lowest BCUT2D eigenvalue weighted by Crippen LogP contribution is -2.49. The van der Waals surface area contributed by atoms with Gasteiger partial charge in [0.25, 0.3) is 5.91 Å². The zero-order valence-electron chi connectivity index (χ0n) is 15.8. The van der Waals surface area contributed by atoms with Gasteiger partial charge in [-0.1, -0.05) is 0 Å². The zero-order valence-corrected chi connectivity index (χ0v) is 15.8. The fraction of sp³-hybridized carbons (Fsp3) is 0.556. The minimum atomic E-state index is -0.00369. The molecule has 27 heavy (non-hydrogen) atoms. The lowest BCUT2D eigenvalue weighted by atomic mass is 10.1. The number of anilines is 1. The Morgan fingerprint density at radius 2 is 2.07 bits per heavy atom. The number of nitrogens with zero attached hydrogens (tertiary/aromatic N) is 5. The molecular weight excluding hydrogens is 346 g/mol. The monoisotopic (exact) mass is 371 g/mol. The minimum Gasteiger partial charge on any atom is -0.478 e. The molecule has 2 N–H and O–H groups in total. The van der Waals surface area contributed by atoms with Crippen molar-refractivity contribution in [3.8, 4) is 5.88 Å². The first-order valence-corrected chi connectivity index (χ1v) is 9.45. The highest BCUT2D eigenvalue weighted by Crippen LogP contribution is 2.20. The Bertz CT molecular complexity index is 827. The Kier molecular flexibility index (Phi) is 4.93. The molecule has 0 spiro atoms. The fourth-order valence-corrected chi connectivity index (χ4v) is 3.55. The lowest BCUT2D eigenvalue weighted by Gasteiger charge is -2.34. The highest BCUT2D eigenvalue weighted by Gasteiger charge is 2.28. The van der Waals surface area contributed by atoms with Crippen molar-refractivity contribution in [3.63, 3.8) is 0 Å². The molecule has 2 aromatic heterocycles. The van der Waals surface area contributed by atoms with E-state index in [-0.39, 0.29) is 5.91 Å². The number of amides is 1. The van der Waals surface area contributed by atoms with Crippen LogP contribution in [0.2, 0.25) is 0 Å². The summed E-state index contributed by atoms with van der Waals surface area (Å²) in [7, 11) is 0. The first-order valence-electron chi connectivity index (χ1n) is 9.45. The molecule has 0 atom stereocenters. The first-order chi connectivity index (χ1) is 13.2. The number of fused-ring (bicyclic) bond motifs is 1. The number of hydrogen-bond donors (Lipinski definition) is 2. The van der Waals surface area contributed by atoms with E-state index in [2.05, 4.69) is 30.4 Å². The van der Waals surface area contributed by atoms with Crippen LogP contribution in [-0.4, -0.2) is 70.3 Å². The first kappa shape index (κ1) is 17.7. The number of piperazine rings is 1. The molecule has 9 heteroatoms. The van der Waals surface area contributed by atoms with Gasteiger partial charge in [0.2, 0.25) is 11.8 Å². The van der Waals surface area contributed by atoms with E-state index in [9.17, 15) is 4.79 Å². The molecule has 2 aromatic rings. The van der Waals surface area contributed by atoms with Crippen LogP contribution in [0.5, 0.6) is 5.88 Å². The summed E-state index contributed by atoms with van der Waals surface area (Å²) in [6.07, 6.45) is 0.885. The van der Waals surface area contributed by atoms with Crippen molar-refractivity contribution in [1.29, 1.82) is 0 Å². The van der Waals surface area contributed by atoms with Crippen molar-refractivity contribution in [2.24, 2.45) is 0 Å². The average Bonchev–Trinajstić information content (AvgIpc) is 3.11. The molecule has 144 valence electrons. The van der Waals surface area contributed by atoms with E-state index in [1.165, 1.54) is 0 Å². The van der Waals surface area contributed by atoms with Gasteiger partial charge in [-0.05, 0) is 13.8 Å². The number of hydrogen-bond acceptors (Lipinski definition) is 7. The summed E-state index contributed by atoms with van der Waals surface area (Å²) in [5.74, 6) is 1.25. The second-order valence-corrected chi connectivity index (χ2v) is 6.82. The molecule has 1 fully saturated rings. The number of aryl methyl sites for hydroxylation is 1. The Hall–Kier alpha value is -2.68. The van der Waals surface area contributed by atoms with Crippen LogP contribution in [0.4, 0.5) is 5.95 Å². The van der Waals surface area contributed by atoms with Gasteiger partial charge in [-0.25, -0.2) is 4.98 Å². The van der Waals surface area contributed by atoms with Crippen LogP contribution in [0.25, 0.3) is 0 Å². The van der Waals surface area contributed by atoms with Gasteiger partial charge in [0.05, 0.1) is 6.61 Å². The molecule has 4 heterocycles. The Labute approximate surface area is 158 Å². The number of aromatic nitrogens is 4. The van der Waals surface area contributed by atoms with Crippen molar-refractivity contribution >= 4 is 11.9 Å². The van der Waals surface area contributed by atoms with Gasteiger partial charge in [-0.2, -0.15) is 10.1 Å². The highest BCUT2D eigenvalue weighted by molar-refractivity contribution is 5.94. The Morgan fingerprint density at radius 1 is 1.26 bits per heavy atom. The number of ether oxygens (including phenoxy) is 1. The third-order valence-electron chi connectivity index (χ3n) is 4.97. The molecular formula is C18H25N7O2. The smallest absolute Gasteiger partial charge is 0.274 e. The van der Waals surface area contributed by atoms with Crippen LogP contribution < -0.4 is 15.0 Å². The van der Waals surface area contributed by atoms with Crippen molar-refractivity contribution in [2.75, 3.05) is 44.2 Å². The van der Waals surface area contributed by atoms with E-state index in [0.29, 0.717) is 56.9 Å². The maximum absolute atomic E-state index is 12.9. The van der Waals surface area contributed by atoms with Gasteiger partial charge in [0, 0.05) is 68.7 Å². The standard InChI is InChI=1S/C18H25N7O2/c1-3-27-15-10-12(2)20-18(21-15)25-8-6-24(7-9-25)17(26)16-13-11-19-5-4-14(13)22-23-16/h10,19H,3-9,11H2,1-2H3,(H,22,23). The number of rotatable bonds is 4. The van der Waals surface area contributed by atoms with Crippen LogP contribution in [-0.2, 0) is 13.0 Å². The fourth-order valence-electron chi connectivity index (χ4n) is 3.55. The predicted octanol–water partition coefficient (Wildman–Crippen LogP) is 0.515. The number of aromatic amines is 1. The summed E-state index contributed by atoms with van der Waals surface area (Å²) in [6.45, 7) is 8.67. The summed E-state index contributed by atoms with van der Waals surface area (Å²) in [4.78, 5) is 25.9. The van der Waals surface area contributed by atoms with Crippen molar-refractivity contribution in [1.82, 2.24) is 30.4 Å².